The van der Waals surface area contributed by atoms with Gasteiger partial charge < -0.3 is 10.5 Å². The molecule has 1 aromatic rings. The van der Waals surface area contributed by atoms with E-state index >= 15 is 0 Å². The van der Waals surface area contributed by atoms with E-state index in [2.05, 4.69) is 4.72 Å². The van der Waals surface area contributed by atoms with Crippen molar-refractivity contribution >= 4 is 40.6 Å². The Kier molecular flexibility index (Phi) is 7.23. The first-order valence-electron chi connectivity index (χ1n) is 4.89. The van der Waals surface area contributed by atoms with Gasteiger partial charge in [-0.15, -0.1) is 24.0 Å². The first kappa shape index (κ1) is 17.2. The van der Waals surface area contributed by atoms with Crippen LogP contribution in [0.3, 0.4) is 0 Å². The number of nitrogens with two attached hydrogens (primary N) is 1. The molecular formula is C10H15Cl2N2O3S. The summed E-state index contributed by atoms with van der Waals surface area (Å²) in [6, 6.07) is 4.76. The molecule has 0 spiro atoms. The minimum absolute atomic E-state index is 0. The third-order valence-corrected chi connectivity index (χ3v) is 3.23. The lowest BCUT2D eigenvalue weighted by Crippen LogP contribution is -2.20. The number of halogens is 2. The summed E-state index contributed by atoms with van der Waals surface area (Å²) in [5.74, 6) is 0.423. The van der Waals surface area contributed by atoms with Crippen LogP contribution in [-0.4, -0.2) is 21.6 Å². The Morgan fingerprint density at radius 3 is 2.50 bits per heavy atom. The average molecular weight is 314 g/mol. The Labute approximate surface area is 119 Å². The van der Waals surface area contributed by atoms with Crippen LogP contribution in [0.25, 0.3) is 0 Å². The number of anilines is 1. The molecule has 5 nitrogen and oxygen atoms in total. The second kappa shape index (κ2) is 7.58. The van der Waals surface area contributed by atoms with Crippen molar-refractivity contribution in [2.45, 2.75) is 18.3 Å². The molecule has 1 radical (unpaired) electrons. The van der Waals surface area contributed by atoms with E-state index in [9.17, 15) is 8.42 Å². The molecule has 0 bridgehead atoms. The highest BCUT2D eigenvalue weighted by Gasteiger charge is 2.15. The second-order valence-electron chi connectivity index (χ2n) is 3.56. The zero-order valence-corrected chi connectivity index (χ0v) is 12.3. The van der Waals surface area contributed by atoms with Gasteiger partial charge in [0.2, 0.25) is 0 Å². The number of methoxy groups -OCH3 is 1. The van der Waals surface area contributed by atoms with Crippen LogP contribution >= 0.6 is 24.0 Å². The fraction of sp³-hybridized carbons (Fsp3) is 0.400. The van der Waals surface area contributed by atoms with Gasteiger partial charge in [-0.25, -0.2) is 0 Å². The maximum absolute atomic E-state index is 10.6. The molecule has 8 heteroatoms. The smallest absolute Gasteiger partial charge is 0.293 e. The van der Waals surface area contributed by atoms with E-state index in [4.69, 9.17) is 22.1 Å². The van der Waals surface area contributed by atoms with E-state index in [-0.39, 0.29) is 23.8 Å². The van der Waals surface area contributed by atoms with E-state index in [1.54, 1.807) is 25.1 Å². The monoisotopic (exact) mass is 313 g/mol. The van der Waals surface area contributed by atoms with Crippen molar-refractivity contribution in [1.29, 1.82) is 0 Å². The SMILES string of the molecule is COc1ccc(C(Cl)C(C)N)cc1N[S](=O)=O.Cl. The predicted molar refractivity (Wildman–Crippen MR) is 75.0 cm³/mol. The summed E-state index contributed by atoms with van der Waals surface area (Å²) >= 11 is 6.10. The van der Waals surface area contributed by atoms with Crippen molar-refractivity contribution in [3.63, 3.8) is 0 Å². The topological polar surface area (TPSA) is 81.4 Å². The van der Waals surface area contributed by atoms with Gasteiger partial charge in [0.05, 0.1) is 18.2 Å². The minimum Gasteiger partial charge on any atom is -0.495 e. The highest BCUT2D eigenvalue weighted by Crippen LogP contribution is 2.31. The Balaban J connectivity index is 0.00000289. The number of nitrogens with one attached hydrogen (secondary N) is 1. The number of benzene rings is 1. The molecule has 103 valence electrons. The molecule has 1 rings (SSSR count). The summed E-state index contributed by atoms with van der Waals surface area (Å²) in [4.78, 5) is 0. The molecule has 0 fully saturated rings. The number of hydrogen-bond acceptors (Lipinski definition) is 4. The molecule has 0 aliphatic heterocycles. The number of alkyl halides is 1. The van der Waals surface area contributed by atoms with Gasteiger partial charge in [-0.05, 0) is 24.6 Å². The quantitative estimate of drug-likeness (QED) is 0.814. The third kappa shape index (κ3) is 4.45. The van der Waals surface area contributed by atoms with Crippen molar-refractivity contribution in [1.82, 2.24) is 0 Å². The lowest BCUT2D eigenvalue weighted by atomic mass is 10.1. The highest BCUT2D eigenvalue weighted by molar-refractivity contribution is 7.73. The van der Waals surface area contributed by atoms with Crippen LogP contribution in [0.1, 0.15) is 17.9 Å². The Morgan fingerprint density at radius 2 is 2.06 bits per heavy atom. The van der Waals surface area contributed by atoms with Gasteiger partial charge >= 0.3 is 0 Å². The second-order valence-corrected chi connectivity index (χ2v) is 4.70. The Morgan fingerprint density at radius 1 is 1.44 bits per heavy atom. The molecule has 0 saturated heterocycles. The van der Waals surface area contributed by atoms with Crippen LogP contribution in [0.5, 0.6) is 5.75 Å². The van der Waals surface area contributed by atoms with Gasteiger partial charge in [-0.3, -0.25) is 4.72 Å². The van der Waals surface area contributed by atoms with Crippen molar-refractivity contribution in [2.24, 2.45) is 5.73 Å². The summed E-state index contributed by atoms with van der Waals surface area (Å²) in [5.41, 5.74) is 6.75. The molecule has 18 heavy (non-hydrogen) atoms. The normalized spacial score (nSPS) is 13.1. The number of ether oxygens (including phenoxy) is 1. The van der Waals surface area contributed by atoms with Gasteiger partial charge in [0.1, 0.15) is 5.75 Å². The molecule has 0 aliphatic carbocycles. The predicted octanol–water partition coefficient (Wildman–Crippen LogP) is 1.95. The molecule has 2 atom stereocenters. The van der Waals surface area contributed by atoms with Gasteiger partial charge in [0.25, 0.3) is 10.9 Å². The molecule has 0 aromatic heterocycles. The van der Waals surface area contributed by atoms with Crippen molar-refractivity contribution in [2.75, 3.05) is 11.8 Å². The van der Waals surface area contributed by atoms with Crippen molar-refractivity contribution in [3.05, 3.63) is 23.8 Å². The molecule has 2 unspecified atom stereocenters. The zero-order valence-electron chi connectivity index (χ0n) is 9.88. The summed E-state index contributed by atoms with van der Waals surface area (Å²) in [7, 11) is -0.959. The summed E-state index contributed by atoms with van der Waals surface area (Å²) in [5, 5.41) is -0.387. The molecule has 0 heterocycles. The van der Waals surface area contributed by atoms with Crippen LogP contribution in [-0.2, 0) is 10.9 Å². The number of rotatable bonds is 5. The molecule has 1 aromatic carbocycles. The first-order valence-corrected chi connectivity index (χ1v) is 6.40. The van der Waals surface area contributed by atoms with E-state index in [0.717, 1.165) is 5.56 Å². The average Bonchev–Trinajstić information content (AvgIpc) is 2.27. The maximum Gasteiger partial charge on any atom is 0.293 e. The first-order chi connectivity index (χ1) is 7.95. The van der Waals surface area contributed by atoms with E-state index < -0.39 is 10.9 Å². The molecule has 0 saturated carbocycles. The minimum atomic E-state index is -2.41. The fourth-order valence-corrected chi connectivity index (χ4v) is 1.85. The van der Waals surface area contributed by atoms with E-state index in [1.807, 2.05) is 0 Å². The van der Waals surface area contributed by atoms with Gasteiger partial charge in [-0.1, -0.05) is 6.07 Å². The van der Waals surface area contributed by atoms with Crippen LogP contribution in [0.15, 0.2) is 18.2 Å². The van der Waals surface area contributed by atoms with Crippen LogP contribution in [0, 0.1) is 0 Å². The largest absolute Gasteiger partial charge is 0.495 e. The molecular weight excluding hydrogens is 299 g/mol. The van der Waals surface area contributed by atoms with E-state index in [1.165, 1.54) is 7.11 Å². The third-order valence-electron chi connectivity index (χ3n) is 2.20. The molecule has 3 N–H and O–H groups in total. The highest BCUT2D eigenvalue weighted by atomic mass is 35.5. The summed E-state index contributed by atoms with van der Waals surface area (Å²) in [6.07, 6.45) is 0. The Bertz CT molecular complexity index is 458. The van der Waals surface area contributed by atoms with E-state index in [0.29, 0.717) is 11.4 Å². The lowest BCUT2D eigenvalue weighted by Gasteiger charge is -2.15. The van der Waals surface area contributed by atoms with Gasteiger partial charge in [0.15, 0.2) is 0 Å². The van der Waals surface area contributed by atoms with Crippen molar-refractivity contribution < 1.29 is 13.2 Å². The fourth-order valence-electron chi connectivity index (χ4n) is 1.37. The van der Waals surface area contributed by atoms with Gasteiger partial charge in [0, 0.05) is 6.04 Å². The van der Waals surface area contributed by atoms with Crippen LogP contribution in [0.4, 0.5) is 5.69 Å². The number of hydrogen-bond donors (Lipinski definition) is 2. The van der Waals surface area contributed by atoms with Crippen LogP contribution in [0.2, 0.25) is 0 Å². The Hall–Kier alpha value is -0.820. The molecule has 0 amide bonds. The standard InChI is InChI=1S/C10H14ClN2O3S.ClH/c1-6(12)10(11)7-3-4-9(16-2)8(5-7)13-17(14)15;/h3-6,10H,12H2,1-2H3,(H,13,14,15);1H. The van der Waals surface area contributed by atoms with Crippen molar-refractivity contribution in [3.8, 4) is 5.75 Å². The molecule has 0 aliphatic rings. The summed E-state index contributed by atoms with van der Waals surface area (Å²) < 4.78 is 28.5. The summed E-state index contributed by atoms with van der Waals surface area (Å²) in [6.45, 7) is 1.78. The zero-order chi connectivity index (χ0) is 13.0. The van der Waals surface area contributed by atoms with Gasteiger partial charge in [-0.2, -0.15) is 8.42 Å². The maximum atomic E-state index is 10.6. The lowest BCUT2D eigenvalue weighted by molar-refractivity contribution is 0.416. The van der Waals surface area contributed by atoms with Crippen LogP contribution < -0.4 is 15.2 Å².